The Hall–Kier alpha value is -2.57. The van der Waals surface area contributed by atoms with Crippen LogP contribution in [-0.2, 0) is 4.79 Å². The Kier molecular flexibility index (Phi) is 7.25. The summed E-state index contributed by atoms with van der Waals surface area (Å²) >= 11 is 0. The third kappa shape index (κ3) is 5.17. The number of carbonyl (C=O) groups excluding carboxylic acids is 1. The number of nitrogens with zero attached hydrogens (tertiary/aromatic N) is 2. The molecule has 0 bridgehead atoms. The van der Waals surface area contributed by atoms with Crippen molar-refractivity contribution in [2.24, 2.45) is 22.6 Å². The van der Waals surface area contributed by atoms with E-state index < -0.39 is 24.2 Å². The number of benzodiazepines with no additional fused rings is 1. The summed E-state index contributed by atoms with van der Waals surface area (Å²) in [4.78, 5) is 20.7. The van der Waals surface area contributed by atoms with Gasteiger partial charge in [-0.1, -0.05) is 50.8 Å². The molecule has 3 N–H and O–H groups in total. The summed E-state index contributed by atoms with van der Waals surface area (Å²) in [5.74, 6) is -0.413. The number of hydrogen-bond acceptors (Lipinski definition) is 5. The number of carbonyl (C=O) groups is 1. The molecule has 0 radical (unpaired) electrons. The summed E-state index contributed by atoms with van der Waals surface area (Å²) in [6.45, 7) is 2.08. The van der Waals surface area contributed by atoms with Gasteiger partial charge in [-0.25, -0.2) is 4.39 Å². The average Bonchev–Trinajstić information content (AvgIpc) is 3.66. The number of ketones is 1. The SMILES string of the molecule is CCCCC(O)C(CC1CC1)C(=O)C1N=C(c2ccc(F)cc2)c2ccccc2N(C)C1N. The molecule has 0 aromatic heterocycles. The Morgan fingerprint density at radius 1 is 1.21 bits per heavy atom. The molecule has 4 unspecified atom stereocenters. The zero-order valence-corrected chi connectivity index (χ0v) is 19.5. The molecule has 2 aliphatic rings. The van der Waals surface area contributed by atoms with Crippen molar-refractivity contribution >= 4 is 17.2 Å². The highest BCUT2D eigenvalue weighted by molar-refractivity contribution is 6.17. The van der Waals surface area contributed by atoms with Crippen molar-refractivity contribution in [1.82, 2.24) is 0 Å². The molecule has 1 fully saturated rings. The standard InChI is InChI=1S/C27H34FN3O2/c1-3-4-9-23(32)21(16-17-10-11-17)26(33)25-27(29)31(2)22-8-6-5-7-20(22)24(30-25)18-12-14-19(28)15-13-18/h5-8,12-15,17,21,23,25,27,32H,3-4,9-11,16,29H2,1-2H3. The van der Waals surface area contributed by atoms with E-state index in [0.29, 0.717) is 24.5 Å². The first kappa shape index (κ1) is 23.6. The van der Waals surface area contributed by atoms with E-state index in [4.69, 9.17) is 10.7 Å². The Morgan fingerprint density at radius 2 is 1.91 bits per heavy atom. The van der Waals surface area contributed by atoms with Crippen molar-refractivity contribution in [3.63, 3.8) is 0 Å². The molecule has 1 aliphatic heterocycles. The Morgan fingerprint density at radius 3 is 2.58 bits per heavy atom. The second-order valence-electron chi connectivity index (χ2n) is 9.45. The number of likely N-dealkylation sites (N-methyl/N-ethyl adjacent to an activating group) is 1. The minimum absolute atomic E-state index is 0.0997. The van der Waals surface area contributed by atoms with E-state index in [2.05, 4.69) is 6.92 Å². The maximum Gasteiger partial charge on any atom is 0.166 e. The lowest BCUT2D eigenvalue weighted by atomic mass is 9.85. The number of para-hydroxylation sites is 1. The van der Waals surface area contributed by atoms with Crippen LogP contribution in [0.15, 0.2) is 53.5 Å². The van der Waals surface area contributed by atoms with Crippen LogP contribution in [0.3, 0.4) is 0 Å². The molecule has 2 aromatic rings. The largest absolute Gasteiger partial charge is 0.392 e. The normalized spacial score (nSPS) is 22.2. The van der Waals surface area contributed by atoms with Crippen LogP contribution in [0.4, 0.5) is 10.1 Å². The summed E-state index contributed by atoms with van der Waals surface area (Å²) in [5.41, 5.74) is 9.72. The second kappa shape index (κ2) is 10.1. The first-order valence-electron chi connectivity index (χ1n) is 12.0. The Bertz CT molecular complexity index is 1000. The van der Waals surface area contributed by atoms with Gasteiger partial charge in [0.05, 0.1) is 11.8 Å². The predicted octanol–water partition coefficient (Wildman–Crippen LogP) is 4.30. The fourth-order valence-electron chi connectivity index (χ4n) is 4.72. The summed E-state index contributed by atoms with van der Waals surface area (Å²) in [6, 6.07) is 13.1. The molecule has 1 saturated carbocycles. The maximum absolute atomic E-state index is 13.9. The van der Waals surface area contributed by atoms with E-state index in [0.717, 1.165) is 42.5 Å². The minimum Gasteiger partial charge on any atom is -0.392 e. The lowest BCUT2D eigenvalue weighted by Crippen LogP contribution is -2.53. The van der Waals surface area contributed by atoms with Crippen LogP contribution >= 0.6 is 0 Å². The predicted molar refractivity (Wildman–Crippen MR) is 130 cm³/mol. The van der Waals surface area contributed by atoms with Crippen molar-refractivity contribution in [3.05, 3.63) is 65.5 Å². The van der Waals surface area contributed by atoms with Crippen molar-refractivity contribution in [2.75, 3.05) is 11.9 Å². The van der Waals surface area contributed by atoms with Crippen LogP contribution in [0.2, 0.25) is 0 Å². The Balaban J connectivity index is 1.76. The molecular formula is C27H34FN3O2. The lowest BCUT2D eigenvalue weighted by molar-refractivity contribution is -0.128. The van der Waals surface area contributed by atoms with Crippen LogP contribution < -0.4 is 10.6 Å². The number of fused-ring (bicyclic) bond motifs is 1. The van der Waals surface area contributed by atoms with E-state index in [1.807, 2.05) is 36.2 Å². The van der Waals surface area contributed by atoms with Gasteiger partial charge in [0.1, 0.15) is 18.0 Å². The van der Waals surface area contributed by atoms with Gasteiger partial charge in [-0.05, 0) is 49.1 Å². The number of halogens is 1. The minimum atomic E-state index is -0.831. The number of aliphatic hydroxyl groups is 1. The smallest absolute Gasteiger partial charge is 0.166 e. The third-order valence-electron chi connectivity index (χ3n) is 6.95. The summed E-state index contributed by atoms with van der Waals surface area (Å²) in [7, 11) is 1.87. The van der Waals surface area contributed by atoms with Gasteiger partial charge in [-0.3, -0.25) is 9.79 Å². The molecule has 5 nitrogen and oxygen atoms in total. The summed E-state index contributed by atoms with van der Waals surface area (Å²) in [5, 5.41) is 11.0. The summed E-state index contributed by atoms with van der Waals surface area (Å²) < 4.78 is 13.6. The third-order valence-corrected chi connectivity index (χ3v) is 6.95. The molecule has 6 heteroatoms. The monoisotopic (exact) mass is 451 g/mol. The van der Waals surface area contributed by atoms with E-state index in [-0.39, 0.29) is 11.6 Å². The van der Waals surface area contributed by atoms with Gasteiger partial charge in [0.25, 0.3) is 0 Å². The van der Waals surface area contributed by atoms with Crippen LogP contribution in [0.25, 0.3) is 0 Å². The number of aliphatic hydroxyl groups excluding tert-OH is 1. The molecule has 0 spiro atoms. The number of nitrogens with two attached hydrogens (primary N) is 1. The highest BCUT2D eigenvalue weighted by Gasteiger charge is 2.41. The molecule has 1 heterocycles. The van der Waals surface area contributed by atoms with E-state index in [9.17, 15) is 14.3 Å². The number of hydrogen-bond donors (Lipinski definition) is 2. The van der Waals surface area contributed by atoms with Gasteiger partial charge in [-0.15, -0.1) is 0 Å². The molecule has 2 aromatic carbocycles. The van der Waals surface area contributed by atoms with Crippen molar-refractivity contribution in [1.29, 1.82) is 0 Å². The number of Topliss-reactive ketones (excluding diaryl/α,β-unsaturated/α-hetero) is 1. The quantitative estimate of drug-likeness (QED) is 0.596. The van der Waals surface area contributed by atoms with Crippen LogP contribution in [0, 0.1) is 17.7 Å². The molecular weight excluding hydrogens is 417 g/mol. The number of aliphatic imine (C=N–C) groups is 1. The van der Waals surface area contributed by atoms with E-state index >= 15 is 0 Å². The molecule has 0 saturated heterocycles. The Labute approximate surface area is 195 Å². The number of rotatable bonds is 9. The zero-order chi connectivity index (χ0) is 23.5. The van der Waals surface area contributed by atoms with Gasteiger partial charge < -0.3 is 15.7 Å². The van der Waals surface area contributed by atoms with E-state index in [1.165, 1.54) is 12.1 Å². The molecule has 33 heavy (non-hydrogen) atoms. The fraction of sp³-hybridized carbons (Fsp3) is 0.481. The van der Waals surface area contributed by atoms with Gasteiger partial charge in [0.15, 0.2) is 5.78 Å². The van der Waals surface area contributed by atoms with Crippen LogP contribution in [-0.4, -0.2) is 42.0 Å². The highest BCUT2D eigenvalue weighted by Crippen LogP contribution is 2.38. The van der Waals surface area contributed by atoms with Gasteiger partial charge in [0, 0.05) is 29.8 Å². The number of benzene rings is 2. The maximum atomic E-state index is 13.9. The first-order chi connectivity index (χ1) is 15.9. The van der Waals surface area contributed by atoms with Crippen LogP contribution in [0.1, 0.15) is 56.6 Å². The van der Waals surface area contributed by atoms with Gasteiger partial charge in [0.2, 0.25) is 0 Å². The zero-order valence-electron chi connectivity index (χ0n) is 19.5. The van der Waals surface area contributed by atoms with Crippen molar-refractivity contribution in [2.45, 2.75) is 63.8 Å². The van der Waals surface area contributed by atoms with Crippen molar-refractivity contribution in [3.8, 4) is 0 Å². The molecule has 1 aliphatic carbocycles. The topological polar surface area (TPSA) is 78.9 Å². The molecule has 4 atom stereocenters. The lowest BCUT2D eigenvalue weighted by Gasteiger charge is -2.32. The van der Waals surface area contributed by atoms with Gasteiger partial charge in [-0.2, -0.15) is 0 Å². The van der Waals surface area contributed by atoms with Crippen molar-refractivity contribution < 1.29 is 14.3 Å². The highest BCUT2D eigenvalue weighted by atomic mass is 19.1. The van der Waals surface area contributed by atoms with E-state index in [1.54, 1.807) is 12.1 Å². The summed E-state index contributed by atoms with van der Waals surface area (Å²) in [6.07, 6.45) is 3.99. The van der Waals surface area contributed by atoms with Crippen LogP contribution in [0.5, 0.6) is 0 Å². The molecule has 4 rings (SSSR count). The second-order valence-corrected chi connectivity index (χ2v) is 9.45. The van der Waals surface area contributed by atoms with Gasteiger partial charge >= 0.3 is 0 Å². The number of anilines is 1. The fourth-order valence-corrected chi connectivity index (χ4v) is 4.72. The average molecular weight is 452 g/mol. The molecule has 176 valence electrons. The number of unbranched alkanes of at least 4 members (excludes halogenated alkanes) is 1. The first-order valence-corrected chi connectivity index (χ1v) is 12.0. The molecule has 0 amide bonds.